The van der Waals surface area contributed by atoms with Gasteiger partial charge in [-0.15, -0.1) is 11.3 Å². The Morgan fingerprint density at radius 1 is 1.22 bits per heavy atom. The lowest BCUT2D eigenvalue weighted by Gasteiger charge is -2.24. The quantitative estimate of drug-likeness (QED) is 0.894. The van der Waals surface area contributed by atoms with E-state index in [1.54, 1.807) is 11.3 Å². The number of thiophene rings is 1. The van der Waals surface area contributed by atoms with Gasteiger partial charge in [-0.25, -0.2) is 0 Å². The van der Waals surface area contributed by atoms with E-state index in [4.69, 9.17) is 0 Å². The van der Waals surface area contributed by atoms with Gasteiger partial charge in [-0.05, 0) is 59.1 Å². The molecule has 3 rings (SSSR count). The molecule has 2 aromatic rings. The summed E-state index contributed by atoms with van der Waals surface area (Å²) in [6.07, 6.45) is 3.17. The predicted octanol–water partition coefficient (Wildman–Crippen LogP) is 4.47. The van der Waals surface area contributed by atoms with E-state index >= 15 is 0 Å². The molecule has 0 amide bonds. The number of thioether (sulfide) groups is 1. The molecule has 1 N–H and O–H groups in total. The second-order valence-electron chi connectivity index (χ2n) is 4.99. The third-order valence-corrected chi connectivity index (χ3v) is 5.79. The van der Waals surface area contributed by atoms with Gasteiger partial charge in [-0.1, -0.05) is 18.2 Å². The van der Waals surface area contributed by atoms with Gasteiger partial charge in [0.25, 0.3) is 0 Å². The number of hydrogen-bond acceptors (Lipinski definition) is 3. The molecule has 2 heterocycles. The van der Waals surface area contributed by atoms with Crippen LogP contribution in [-0.2, 0) is 0 Å². The van der Waals surface area contributed by atoms with E-state index in [-0.39, 0.29) is 6.10 Å². The first-order valence-corrected chi connectivity index (χ1v) is 8.60. The molecule has 1 aromatic carbocycles. The zero-order chi connectivity index (χ0) is 12.4. The number of benzene rings is 1. The second kappa shape index (κ2) is 5.64. The fourth-order valence-electron chi connectivity index (χ4n) is 2.70. The highest BCUT2D eigenvalue weighted by molar-refractivity contribution is 7.99. The third-order valence-electron chi connectivity index (χ3n) is 3.77. The van der Waals surface area contributed by atoms with E-state index in [0.717, 1.165) is 12.0 Å². The summed E-state index contributed by atoms with van der Waals surface area (Å²) in [5.41, 5.74) is 1.13. The van der Waals surface area contributed by atoms with E-state index in [1.165, 1.54) is 34.4 Å². The molecule has 3 heteroatoms. The van der Waals surface area contributed by atoms with Crippen molar-refractivity contribution in [2.45, 2.75) is 25.4 Å². The first-order valence-electron chi connectivity index (χ1n) is 6.56. The van der Waals surface area contributed by atoms with Crippen molar-refractivity contribution in [2.75, 3.05) is 11.5 Å². The van der Waals surface area contributed by atoms with Crippen molar-refractivity contribution in [1.29, 1.82) is 0 Å². The summed E-state index contributed by atoms with van der Waals surface area (Å²) in [4.78, 5) is 0. The molecule has 1 saturated heterocycles. The van der Waals surface area contributed by atoms with Crippen molar-refractivity contribution in [2.24, 2.45) is 5.92 Å². The summed E-state index contributed by atoms with van der Waals surface area (Å²) in [6, 6.07) is 8.40. The highest BCUT2D eigenvalue weighted by Gasteiger charge is 2.20. The number of hydrogen-bond donors (Lipinski definition) is 1. The molecular weight excluding hydrogens is 260 g/mol. The molecule has 1 atom stereocenters. The van der Waals surface area contributed by atoms with Crippen molar-refractivity contribution < 1.29 is 5.11 Å². The zero-order valence-electron chi connectivity index (χ0n) is 10.3. The minimum absolute atomic E-state index is 0.291. The van der Waals surface area contributed by atoms with Crippen LogP contribution in [0.15, 0.2) is 29.6 Å². The van der Waals surface area contributed by atoms with Crippen molar-refractivity contribution in [3.63, 3.8) is 0 Å². The van der Waals surface area contributed by atoms with Gasteiger partial charge in [0.05, 0.1) is 6.10 Å². The van der Waals surface area contributed by atoms with Gasteiger partial charge in [-0.2, -0.15) is 11.8 Å². The van der Waals surface area contributed by atoms with Gasteiger partial charge in [0, 0.05) is 4.70 Å². The number of rotatable bonds is 3. The van der Waals surface area contributed by atoms with Gasteiger partial charge in [0.15, 0.2) is 0 Å². The van der Waals surface area contributed by atoms with Gasteiger partial charge < -0.3 is 5.11 Å². The Balaban J connectivity index is 1.78. The summed E-state index contributed by atoms with van der Waals surface area (Å²) in [5, 5.41) is 13.9. The molecule has 1 fully saturated rings. The molecule has 1 aromatic heterocycles. The smallest absolute Gasteiger partial charge is 0.0806 e. The maximum atomic E-state index is 10.5. The lowest BCUT2D eigenvalue weighted by atomic mass is 9.92. The number of aliphatic hydroxyl groups excluding tert-OH is 1. The standard InChI is InChI=1S/C15H18OS2/c16-14(10-11-4-7-17-8-5-11)13-3-1-2-12-6-9-18-15(12)13/h1-3,6,9,11,14,16H,4-5,7-8,10H2. The SMILES string of the molecule is OC(CC1CCSCC1)c1cccc2ccsc12. The number of aliphatic hydroxyl groups is 1. The summed E-state index contributed by atoms with van der Waals surface area (Å²) < 4.78 is 1.26. The minimum Gasteiger partial charge on any atom is -0.388 e. The Kier molecular flexibility index (Phi) is 3.92. The Morgan fingerprint density at radius 2 is 2.06 bits per heavy atom. The molecule has 0 spiro atoms. The highest BCUT2D eigenvalue weighted by atomic mass is 32.2. The van der Waals surface area contributed by atoms with Crippen LogP contribution in [0.4, 0.5) is 0 Å². The Morgan fingerprint density at radius 3 is 2.89 bits per heavy atom. The fraction of sp³-hybridized carbons (Fsp3) is 0.467. The maximum Gasteiger partial charge on any atom is 0.0806 e. The molecule has 1 unspecified atom stereocenters. The molecule has 1 nitrogen and oxygen atoms in total. The highest BCUT2D eigenvalue weighted by Crippen LogP contribution is 2.35. The largest absolute Gasteiger partial charge is 0.388 e. The molecule has 1 aliphatic heterocycles. The molecule has 18 heavy (non-hydrogen) atoms. The Bertz CT molecular complexity index is 514. The van der Waals surface area contributed by atoms with E-state index in [0.29, 0.717) is 5.92 Å². The van der Waals surface area contributed by atoms with Gasteiger partial charge >= 0.3 is 0 Å². The molecule has 1 aliphatic rings. The molecule has 0 bridgehead atoms. The van der Waals surface area contributed by atoms with Crippen LogP contribution >= 0.6 is 23.1 Å². The van der Waals surface area contributed by atoms with E-state index in [2.05, 4.69) is 29.6 Å². The monoisotopic (exact) mass is 278 g/mol. The fourth-order valence-corrected chi connectivity index (χ4v) is 4.87. The molecule has 96 valence electrons. The lowest BCUT2D eigenvalue weighted by molar-refractivity contribution is 0.142. The summed E-state index contributed by atoms with van der Waals surface area (Å²) in [5.74, 6) is 3.23. The van der Waals surface area contributed by atoms with Crippen LogP contribution in [0.1, 0.15) is 30.9 Å². The lowest BCUT2D eigenvalue weighted by Crippen LogP contribution is -2.13. The van der Waals surface area contributed by atoms with Crippen LogP contribution in [0, 0.1) is 5.92 Å². The van der Waals surface area contributed by atoms with Gasteiger partial charge in [0.2, 0.25) is 0 Å². The maximum absolute atomic E-state index is 10.5. The number of fused-ring (bicyclic) bond motifs is 1. The summed E-state index contributed by atoms with van der Waals surface area (Å²) in [6.45, 7) is 0. The molecular formula is C15H18OS2. The first kappa shape index (κ1) is 12.5. The Labute approximate surface area is 116 Å². The average Bonchev–Trinajstić information content (AvgIpc) is 2.87. The van der Waals surface area contributed by atoms with Crippen molar-refractivity contribution in [1.82, 2.24) is 0 Å². The summed E-state index contributed by atoms with van der Waals surface area (Å²) in [7, 11) is 0. The van der Waals surface area contributed by atoms with Crippen molar-refractivity contribution in [3.8, 4) is 0 Å². The predicted molar refractivity (Wildman–Crippen MR) is 81.5 cm³/mol. The normalized spacial score (nSPS) is 19.2. The first-order chi connectivity index (χ1) is 8.84. The zero-order valence-corrected chi connectivity index (χ0v) is 12.0. The van der Waals surface area contributed by atoms with E-state index in [1.807, 2.05) is 11.8 Å². The third kappa shape index (κ3) is 2.58. The van der Waals surface area contributed by atoms with Crippen molar-refractivity contribution in [3.05, 3.63) is 35.2 Å². The van der Waals surface area contributed by atoms with E-state index < -0.39 is 0 Å². The van der Waals surface area contributed by atoms with Crippen molar-refractivity contribution >= 4 is 33.2 Å². The molecule has 0 aliphatic carbocycles. The van der Waals surface area contributed by atoms with Crippen LogP contribution in [0.5, 0.6) is 0 Å². The minimum atomic E-state index is -0.291. The van der Waals surface area contributed by atoms with Crippen LogP contribution in [0.3, 0.4) is 0 Å². The van der Waals surface area contributed by atoms with Crippen LogP contribution < -0.4 is 0 Å². The molecule has 0 saturated carbocycles. The van der Waals surface area contributed by atoms with E-state index in [9.17, 15) is 5.11 Å². The van der Waals surface area contributed by atoms with Crippen LogP contribution in [0.25, 0.3) is 10.1 Å². The average molecular weight is 278 g/mol. The van der Waals surface area contributed by atoms with Gasteiger partial charge in [0.1, 0.15) is 0 Å². The van der Waals surface area contributed by atoms with Crippen LogP contribution in [0.2, 0.25) is 0 Å². The summed E-state index contributed by atoms with van der Waals surface area (Å²) >= 11 is 3.79. The topological polar surface area (TPSA) is 20.2 Å². The Hall–Kier alpha value is -0.510. The van der Waals surface area contributed by atoms with Crippen LogP contribution in [-0.4, -0.2) is 16.6 Å². The molecule has 0 radical (unpaired) electrons. The van der Waals surface area contributed by atoms with Gasteiger partial charge in [-0.3, -0.25) is 0 Å². The second-order valence-corrected chi connectivity index (χ2v) is 7.13.